The third kappa shape index (κ3) is 2.82. The molecule has 0 radical (unpaired) electrons. The molecule has 0 amide bonds. The highest BCUT2D eigenvalue weighted by atomic mass is 35.5. The van der Waals surface area contributed by atoms with Crippen molar-refractivity contribution in [1.29, 1.82) is 0 Å². The number of hydrogen-bond acceptors (Lipinski definition) is 3. The van der Waals surface area contributed by atoms with E-state index < -0.39 is 23.0 Å². The van der Waals surface area contributed by atoms with Gasteiger partial charge in [-0.3, -0.25) is 4.79 Å². The summed E-state index contributed by atoms with van der Waals surface area (Å²) in [6.07, 6.45) is -4.66. The Bertz CT molecular complexity index is 983. The zero-order chi connectivity index (χ0) is 17.5. The number of nitrogens with zero attached hydrogens (tertiary/aromatic N) is 1. The molecule has 0 aliphatic rings. The maximum atomic E-state index is 13.2. The molecule has 4 nitrogen and oxygen atoms in total. The van der Waals surface area contributed by atoms with Gasteiger partial charge in [0.2, 0.25) is 0 Å². The molecule has 3 aromatic rings. The van der Waals surface area contributed by atoms with Crippen molar-refractivity contribution >= 4 is 22.5 Å². The fraction of sp³-hybridized carbons (Fsp3) is 0.125. The van der Waals surface area contributed by atoms with Gasteiger partial charge in [0.05, 0.1) is 28.6 Å². The van der Waals surface area contributed by atoms with Gasteiger partial charge in [-0.1, -0.05) is 23.7 Å². The van der Waals surface area contributed by atoms with E-state index in [-0.39, 0.29) is 16.4 Å². The number of para-hydroxylation sites is 1. The van der Waals surface area contributed by atoms with Crippen molar-refractivity contribution in [2.75, 3.05) is 7.11 Å². The highest BCUT2D eigenvalue weighted by Crippen LogP contribution is 2.42. The number of fused-ring (bicyclic) bond motifs is 1. The van der Waals surface area contributed by atoms with Crippen LogP contribution >= 0.6 is 11.6 Å². The zero-order valence-electron chi connectivity index (χ0n) is 12.2. The number of rotatable bonds is 2. The second-order valence-corrected chi connectivity index (χ2v) is 5.38. The van der Waals surface area contributed by atoms with Crippen LogP contribution in [0.5, 0.6) is 5.75 Å². The highest BCUT2D eigenvalue weighted by molar-refractivity contribution is 6.32. The van der Waals surface area contributed by atoms with Crippen LogP contribution in [-0.4, -0.2) is 17.1 Å². The van der Waals surface area contributed by atoms with Gasteiger partial charge < -0.3 is 9.72 Å². The van der Waals surface area contributed by atoms with Crippen LogP contribution in [0.4, 0.5) is 13.2 Å². The van der Waals surface area contributed by atoms with Crippen LogP contribution in [0.2, 0.25) is 5.02 Å². The van der Waals surface area contributed by atoms with Crippen LogP contribution < -0.4 is 10.3 Å². The summed E-state index contributed by atoms with van der Waals surface area (Å²) in [4.78, 5) is 18.8. The summed E-state index contributed by atoms with van der Waals surface area (Å²) >= 11 is 5.90. The smallest absolute Gasteiger partial charge is 0.420 e. The Labute approximate surface area is 138 Å². The maximum Gasteiger partial charge on any atom is 0.420 e. The molecule has 0 saturated heterocycles. The Morgan fingerprint density at radius 1 is 1.21 bits per heavy atom. The Kier molecular flexibility index (Phi) is 3.96. The summed E-state index contributed by atoms with van der Waals surface area (Å²) < 4.78 is 44.4. The molecule has 0 saturated carbocycles. The van der Waals surface area contributed by atoms with Crippen LogP contribution in [0.15, 0.2) is 41.2 Å². The Morgan fingerprint density at radius 2 is 1.92 bits per heavy atom. The molecular weight excluding hydrogens is 345 g/mol. The lowest BCUT2D eigenvalue weighted by atomic mass is 10.1. The number of aromatic amines is 1. The van der Waals surface area contributed by atoms with E-state index in [2.05, 4.69) is 9.97 Å². The van der Waals surface area contributed by atoms with Gasteiger partial charge in [0, 0.05) is 5.56 Å². The molecule has 0 unspecified atom stereocenters. The van der Waals surface area contributed by atoms with Crippen molar-refractivity contribution in [2.24, 2.45) is 0 Å². The van der Waals surface area contributed by atoms with Gasteiger partial charge in [-0.25, -0.2) is 4.98 Å². The lowest BCUT2D eigenvalue weighted by Crippen LogP contribution is -2.11. The average molecular weight is 355 g/mol. The average Bonchev–Trinajstić information content (AvgIpc) is 2.53. The standard InChI is InChI=1S/C16H10ClF3N2O2/c1-24-13-10(16(18,19)20)6-8(7-11(13)17)14-21-12-5-3-2-4-9(12)15(23)22-14/h2-7H,1H3,(H,21,22,23). The fourth-order valence-corrected chi connectivity index (χ4v) is 2.67. The van der Waals surface area contributed by atoms with Crippen molar-refractivity contribution in [1.82, 2.24) is 9.97 Å². The number of halogens is 4. The molecule has 24 heavy (non-hydrogen) atoms. The molecule has 0 spiro atoms. The van der Waals surface area contributed by atoms with E-state index in [4.69, 9.17) is 16.3 Å². The van der Waals surface area contributed by atoms with Crippen LogP contribution in [0.25, 0.3) is 22.3 Å². The predicted molar refractivity (Wildman–Crippen MR) is 84.4 cm³/mol. The molecule has 1 N–H and O–H groups in total. The largest absolute Gasteiger partial charge is 0.495 e. The lowest BCUT2D eigenvalue weighted by Gasteiger charge is -2.15. The minimum Gasteiger partial charge on any atom is -0.495 e. The summed E-state index contributed by atoms with van der Waals surface area (Å²) in [5, 5.41) is 0.120. The number of aromatic nitrogens is 2. The summed E-state index contributed by atoms with van der Waals surface area (Å²) in [7, 11) is 1.10. The Hall–Kier alpha value is -2.54. The third-order valence-corrected chi connectivity index (χ3v) is 3.72. The van der Waals surface area contributed by atoms with Crippen molar-refractivity contribution in [2.45, 2.75) is 6.18 Å². The first kappa shape index (κ1) is 16.3. The van der Waals surface area contributed by atoms with Gasteiger partial charge in [-0.2, -0.15) is 13.2 Å². The van der Waals surface area contributed by atoms with Crippen LogP contribution in [-0.2, 0) is 6.18 Å². The SMILES string of the molecule is COc1c(Cl)cc(-c2nc3ccccc3c(=O)[nH]2)cc1C(F)(F)F. The second-order valence-electron chi connectivity index (χ2n) is 4.97. The molecule has 1 aromatic heterocycles. The fourth-order valence-electron chi connectivity index (χ4n) is 2.37. The predicted octanol–water partition coefficient (Wildman–Crippen LogP) is 4.27. The summed E-state index contributed by atoms with van der Waals surface area (Å²) in [5.41, 5.74) is -1.08. The van der Waals surface area contributed by atoms with E-state index in [9.17, 15) is 18.0 Å². The number of alkyl halides is 3. The van der Waals surface area contributed by atoms with Crippen LogP contribution in [0, 0.1) is 0 Å². The first-order valence-electron chi connectivity index (χ1n) is 6.75. The molecule has 0 aliphatic carbocycles. The molecule has 8 heteroatoms. The third-order valence-electron chi connectivity index (χ3n) is 3.44. The highest BCUT2D eigenvalue weighted by Gasteiger charge is 2.36. The van der Waals surface area contributed by atoms with E-state index >= 15 is 0 Å². The van der Waals surface area contributed by atoms with Gasteiger partial charge >= 0.3 is 6.18 Å². The first-order chi connectivity index (χ1) is 11.3. The molecule has 0 bridgehead atoms. The Morgan fingerprint density at radius 3 is 2.58 bits per heavy atom. The number of hydrogen-bond donors (Lipinski definition) is 1. The van der Waals surface area contributed by atoms with Gasteiger partial charge in [-0.15, -0.1) is 0 Å². The molecule has 3 rings (SSSR count). The summed E-state index contributed by atoms with van der Waals surface area (Å²) in [5.74, 6) is -0.482. The molecular formula is C16H10ClF3N2O2. The van der Waals surface area contributed by atoms with E-state index in [0.29, 0.717) is 10.9 Å². The number of ether oxygens (including phenoxy) is 1. The van der Waals surface area contributed by atoms with Gasteiger partial charge in [0.25, 0.3) is 5.56 Å². The number of benzene rings is 2. The monoisotopic (exact) mass is 354 g/mol. The summed E-state index contributed by atoms with van der Waals surface area (Å²) in [6.45, 7) is 0. The molecule has 0 aliphatic heterocycles. The van der Waals surface area contributed by atoms with Crippen LogP contribution in [0.1, 0.15) is 5.56 Å². The van der Waals surface area contributed by atoms with Crippen molar-refractivity contribution < 1.29 is 17.9 Å². The maximum absolute atomic E-state index is 13.2. The van der Waals surface area contributed by atoms with Gasteiger partial charge in [0.1, 0.15) is 11.6 Å². The number of nitrogens with one attached hydrogen (secondary N) is 1. The van der Waals surface area contributed by atoms with Crippen molar-refractivity contribution in [3.05, 3.63) is 57.3 Å². The zero-order valence-corrected chi connectivity index (χ0v) is 13.0. The van der Waals surface area contributed by atoms with Gasteiger partial charge in [-0.05, 0) is 24.3 Å². The quantitative estimate of drug-likeness (QED) is 0.747. The minimum atomic E-state index is -4.66. The van der Waals surface area contributed by atoms with E-state index in [1.165, 1.54) is 6.07 Å². The normalized spacial score (nSPS) is 11.7. The number of methoxy groups -OCH3 is 1. The minimum absolute atomic E-state index is 0.00578. The molecule has 0 fully saturated rings. The summed E-state index contributed by atoms with van der Waals surface area (Å²) in [6, 6.07) is 8.64. The topological polar surface area (TPSA) is 55.0 Å². The molecule has 0 atom stereocenters. The molecule has 2 aromatic carbocycles. The molecule has 1 heterocycles. The van der Waals surface area contributed by atoms with Crippen molar-refractivity contribution in [3.8, 4) is 17.1 Å². The van der Waals surface area contributed by atoms with Gasteiger partial charge in [0.15, 0.2) is 0 Å². The number of H-pyrrole nitrogens is 1. The lowest BCUT2D eigenvalue weighted by molar-refractivity contribution is -0.138. The van der Waals surface area contributed by atoms with Crippen LogP contribution in [0.3, 0.4) is 0 Å². The van der Waals surface area contributed by atoms with E-state index in [0.717, 1.165) is 13.2 Å². The second kappa shape index (κ2) is 5.83. The Balaban J connectivity index is 2.27. The van der Waals surface area contributed by atoms with E-state index in [1.54, 1.807) is 24.3 Å². The first-order valence-corrected chi connectivity index (χ1v) is 7.13. The van der Waals surface area contributed by atoms with E-state index in [1.807, 2.05) is 0 Å². The van der Waals surface area contributed by atoms with Crippen molar-refractivity contribution in [3.63, 3.8) is 0 Å². The molecule has 124 valence electrons.